The van der Waals surface area contributed by atoms with Gasteiger partial charge in [0.05, 0.1) is 21.8 Å². The van der Waals surface area contributed by atoms with E-state index in [0.29, 0.717) is 48.9 Å². The fourth-order valence-corrected chi connectivity index (χ4v) is 7.87. The molecule has 1 saturated heterocycles. The summed E-state index contributed by atoms with van der Waals surface area (Å²) in [6.45, 7) is 13.0. The van der Waals surface area contributed by atoms with Crippen LogP contribution < -0.4 is 10.6 Å². The quantitative estimate of drug-likeness (QED) is 0.197. The van der Waals surface area contributed by atoms with E-state index in [4.69, 9.17) is 4.98 Å². The Morgan fingerprint density at radius 1 is 1.14 bits per heavy atom. The van der Waals surface area contributed by atoms with Gasteiger partial charge in [-0.1, -0.05) is 65.5 Å². The van der Waals surface area contributed by atoms with E-state index in [0.717, 1.165) is 52.7 Å². The summed E-state index contributed by atoms with van der Waals surface area (Å²) < 4.78 is 1.07. The van der Waals surface area contributed by atoms with Gasteiger partial charge in [-0.2, -0.15) is 11.8 Å². The number of thioether (sulfide) groups is 1. The van der Waals surface area contributed by atoms with E-state index in [1.54, 1.807) is 11.3 Å². The van der Waals surface area contributed by atoms with Gasteiger partial charge in [0, 0.05) is 55.3 Å². The minimum Gasteiger partial charge on any atom is -0.347 e. The maximum Gasteiger partial charge on any atom is 0.268 e. The standard InChI is InChI=1S/C34H49N5O3S2/c1-5-9-31(40)37-29(20-32-38-28-13-12-26(23(2)3)19-30(28)44-32)34(42)36-27(18-25-10-7-6-8-11-25)21-35-33(41)24(4)22-39-14-16-43-17-15-39/h12-13,19,23,25,29H,4-11,14-18,20-22H2,1-3H3,(H,35,41)(H,37,40)/t29-/m0/s1. The van der Waals surface area contributed by atoms with Crippen molar-refractivity contribution < 1.29 is 14.4 Å². The van der Waals surface area contributed by atoms with Crippen LogP contribution in [0.15, 0.2) is 35.3 Å². The molecule has 2 fully saturated rings. The number of carbonyl (C=O) groups excluding carboxylic acids is 3. The summed E-state index contributed by atoms with van der Waals surface area (Å²) in [4.78, 5) is 51.1. The van der Waals surface area contributed by atoms with Gasteiger partial charge in [0.25, 0.3) is 5.91 Å². The Bertz CT molecular complexity index is 1330. The van der Waals surface area contributed by atoms with Crippen LogP contribution in [0, 0.1) is 5.92 Å². The van der Waals surface area contributed by atoms with Gasteiger partial charge in [0.1, 0.15) is 6.04 Å². The molecule has 1 aromatic heterocycles. The first-order valence-electron chi connectivity index (χ1n) is 16.3. The van der Waals surface area contributed by atoms with E-state index in [-0.39, 0.29) is 30.7 Å². The maximum atomic E-state index is 13.8. The van der Waals surface area contributed by atoms with Crippen molar-refractivity contribution in [3.63, 3.8) is 0 Å². The molecule has 1 aromatic carbocycles. The highest BCUT2D eigenvalue weighted by atomic mass is 32.2. The van der Waals surface area contributed by atoms with Gasteiger partial charge >= 0.3 is 0 Å². The fourth-order valence-electron chi connectivity index (χ4n) is 5.83. The van der Waals surface area contributed by atoms with Crippen LogP contribution in [0.3, 0.4) is 0 Å². The summed E-state index contributed by atoms with van der Waals surface area (Å²) in [6.07, 6.45) is 7.76. The molecule has 10 heteroatoms. The normalized spacial score (nSPS) is 17.5. The van der Waals surface area contributed by atoms with Gasteiger partial charge < -0.3 is 10.6 Å². The minimum atomic E-state index is -0.817. The van der Waals surface area contributed by atoms with Crippen molar-refractivity contribution >= 4 is 56.7 Å². The molecule has 240 valence electrons. The molecule has 2 heterocycles. The van der Waals surface area contributed by atoms with Crippen LogP contribution in [0.4, 0.5) is 0 Å². The van der Waals surface area contributed by atoms with Crippen molar-refractivity contribution in [1.29, 1.82) is 0 Å². The van der Waals surface area contributed by atoms with Crippen molar-refractivity contribution in [3.05, 3.63) is 40.9 Å². The lowest BCUT2D eigenvalue weighted by Crippen LogP contribution is -2.42. The van der Waals surface area contributed by atoms with Gasteiger partial charge in [-0.25, -0.2) is 9.98 Å². The largest absolute Gasteiger partial charge is 0.347 e. The minimum absolute atomic E-state index is 0.168. The Morgan fingerprint density at radius 3 is 2.59 bits per heavy atom. The lowest BCUT2D eigenvalue weighted by molar-refractivity contribution is -0.127. The highest BCUT2D eigenvalue weighted by Crippen LogP contribution is 2.28. The Morgan fingerprint density at radius 2 is 1.89 bits per heavy atom. The number of rotatable bonds is 14. The molecule has 1 aliphatic heterocycles. The van der Waals surface area contributed by atoms with E-state index in [1.165, 1.54) is 24.8 Å². The molecule has 44 heavy (non-hydrogen) atoms. The first-order valence-corrected chi connectivity index (χ1v) is 18.2. The summed E-state index contributed by atoms with van der Waals surface area (Å²) in [5, 5.41) is 6.73. The highest BCUT2D eigenvalue weighted by Gasteiger charge is 2.25. The Hall–Kier alpha value is -2.56. The smallest absolute Gasteiger partial charge is 0.268 e. The number of aliphatic imine (C=N–C) groups is 1. The van der Waals surface area contributed by atoms with Crippen LogP contribution in [-0.2, 0) is 20.8 Å². The molecule has 8 nitrogen and oxygen atoms in total. The third-order valence-electron chi connectivity index (χ3n) is 8.42. The topological polar surface area (TPSA) is 104 Å². The van der Waals surface area contributed by atoms with E-state index in [2.05, 4.69) is 53.1 Å². The number of amides is 3. The van der Waals surface area contributed by atoms with E-state index in [1.807, 2.05) is 24.8 Å². The zero-order valence-corrected chi connectivity index (χ0v) is 28.3. The number of fused-ring (bicyclic) bond motifs is 1. The summed E-state index contributed by atoms with van der Waals surface area (Å²) in [7, 11) is 0. The van der Waals surface area contributed by atoms with Gasteiger partial charge in [-0.3, -0.25) is 19.3 Å². The number of nitrogens with one attached hydrogen (secondary N) is 2. The molecular formula is C34H49N5O3S2. The average molecular weight is 640 g/mol. The van der Waals surface area contributed by atoms with Crippen molar-refractivity contribution in [2.75, 3.05) is 37.7 Å². The summed E-state index contributed by atoms with van der Waals surface area (Å²) in [5.74, 6) is 2.23. The second-order valence-corrected chi connectivity index (χ2v) is 14.8. The van der Waals surface area contributed by atoms with Crippen molar-refractivity contribution in [2.45, 2.75) is 90.5 Å². The van der Waals surface area contributed by atoms with E-state index >= 15 is 0 Å². The van der Waals surface area contributed by atoms with Gasteiger partial charge in [-0.15, -0.1) is 11.3 Å². The Balaban J connectivity index is 1.50. The first-order chi connectivity index (χ1) is 21.2. The molecule has 0 bridgehead atoms. The number of carbonyl (C=O) groups is 3. The molecule has 2 aliphatic rings. The predicted octanol–water partition coefficient (Wildman–Crippen LogP) is 5.91. The number of hydrogen-bond donors (Lipinski definition) is 2. The van der Waals surface area contributed by atoms with Crippen LogP contribution in [0.25, 0.3) is 10.2 Å². The van der Waals surface area contributed by atoms with Gasteiger partial charge in [0.15, 0.2) is 0 Å². The average Bonchev–Trinajstić information content (AvgIpc) is 3.42. The zero-order chi connectivity index (χ0) is 31.5. The monoisotopic (exact) mass is 639 g/mol. The predicted molar refractivity (Wildman–Crippen MR) is 184 cm³/mol. The Kier molecular flexibility index (Phi) is 13.4. The Labute approximate surface area is 270 Å². The number of aromatic nitrogens is 1. The van der Waals surface area contributed by atoms with E-state index in [9.17, 15) is 14.4 Å². The lowest BCUT2D eigenvalue weighted by atomic mass is 9.85. The second kappa shape index (κ2) is 17.2. The SMILES string of the molecule is C=C(CN1CCSCC1)C(=O)NCC(CC1CCCCC1)=NC(=O)[C@H](Cc1nc2ccc(C(C)C)cc2s1)NC(=O)CCC. The number of hydrogen-bond acceptors (Lipinski definition) is 7. The molecule has 2 aromatic rings. The molecule has 2 N–H and O–H groups in total. The van der Waals surface area contributed by atoms with Gasteiger partial charge in [-0.05, 0) is 42.4 Å². The summed E-state index contributed by atoms with van der Waals surface area (Å²) >= 11 is 3.49. The van der Waals surface area contributed by atoms with E-state index < -0.39 is 6.04 Å². The van der Waals surface area contributed by atoms with Crippen LogP contribution in [0.1, 0.15) is 88.6 Å². The van der Waals surface area contributed by atoms with Crippen LogP contribution in [0.5, 0.6) is 0 Å². The number of thiazole rings is 1. The van der Waals surface area contributed by atoms with Crippen LogP contribution >= 0.6 is 23.1 Å². The third kappa shape index (κ3) is 10.5. The molecule has 0 unspecified atom stereocenters. The lowest BCUT2D eigenvalue weighted by Gasteiger charge is -2.26. The third-order valence-corrected chi connectivity index (χ3v) is 10.4. The second-order valence-electron chi connectivity index (χ2n) is 12.5. The molecule has 1 atom stereocenters. The molecule has 1 saturated carbocycles. The molecular weight excluding hydrogens is 591 g/mol. The molecule has 0 spiro atoms. The number of benzene rings is 1. The molecule has 3 amide bonds. The molecule has 0 radical (unpaired) electrons. The summed E-state index contributed by atoms with van der Waals surface area (Å²) in [5.41, 5.74) is 3.33. The van der Waals surface area contributed by atoms with Crippen LogP contribution in [0.2, 0.25) is 0 Å². The number of nitrogens with zero attached hydrogens (tertiary/aromatic N) is 3. The summed E-state index contributed by atoms with van der Waals surface area (Å²) in [6, 6.07) is 5.47. The molecule has 4 rings (SSSR count). The molecule has 1 aliphatic carbocycles. The van der Waals surface area contributed by atoms with Gasteiger partial charge in [0.2, 0.25) is 11.8 Å². The highest BCUT2D eigenvalue weighted by molar-refractivity contribution is 7.99. The zero-order valence-electron chi connectivity index (χ0n) is 26.7. The maximum absolute atomic E-state index is 13.8. The first kappa shape index (κ1) is 34.3. The van der Waals surface area contributed by atoms with Crippen molar-refractivity contribution in [3.8, 4) is 0 Å². The van der Waals surface area contributed by atoms with Crippen molar-refractivity contribution in [1.82, 2.24) is 20.5 Å². The van der Waals surface area contributed by atoms with Crippen molar-refractivity contribution in [2.24, 2.45) is 10.9 Å². The van der Waals surface area contributed by atoms with Crippen LogP contribution in [-0.4, -0.2) is 77.0 Å². The fraction of sp³-hybridized carbons (Fsp3) is 0.618.